The van der Waals surface area contributed by atoms with E-state index in [1.165, 1.54) is 10.9 Å². The summed E-state index contributed by atoms with van der Waals surface area (Å²) in [4.78, 5) is 18.9. The SMILES string of the molecule is Cc1cc(N(c2ccccc2)C2CCC(C(N)=O)CC2)nc2ccccc12. The van der Waals surface area contributed by atoms with Crippen LogP contribution in [-0.2, 0) is 4.79 Å². The van der Waals surface area contributed by atoms with Gasteiger partial charge in [0.1, 0.15) is 5.82 Å². The molecule has 1 fully saturated rings. The number of hydrogen-bond donors (Lipinski definition) is 1. The number of amides is 1. The summed E-state index contributed by atoms with van der Waals surface area (Å²) in [5.41, 5.74) is 8.91. The molecular formula is C23H25N3O. The summed E-state index contributed by atoms with van der Waals surface area (Å²) in [7, 11) is 0. The van der Waals surface area contributed by atoms with Crippen molar-refractivity contribution in [1.82, 2.24) is 4.98 Å². The molecule has 1 aromatic heterocycles. The van der Waals surface area contributed by atoms with E-state index in [9.17, 15) is 4.79 Å². The molecule has 0 unspecified atom stereocenters. The predicted molar refractivity (Wildman–Crippen MR) is 110 cm³/mol. The number of nitrogens with zero attached hydrogens (tertiary/aromatic N) is 2. The molecule has 27 heavy (non-hydrogen) atoms. The van der Waals surface area contributed by atoms with Crippen molar-refractivity contribution < 1.29 is 4.79 Å². The van der Waals surface area contributed by atoms with E-state index >= 15 is 0 Å². The Kier molecular flexibility index (Phi) is 4.80. The number of para-hydroxylation sites is 2. The lowest BCUT2D eigenvalue weighted by atomic mass is 9.84. The van der Waals surface area contributed by atoms with Gasteiger partial charge in [-0.15, -0.1) is 0 Å². The summed E-state index contributed by atoms with van der Waals surface area (Å²) >= 11 is 0. The molecule has 0 saturated heterocycles. The van der Waals surface area contributed by atoms with Gasteiger partial charge in [-0.2, -0.15) is 0 Å². The smallest absolute Gasteiger partial charge is 0.220 e. The highest BCUT2D eigenvalue weighted by Crippen LogP contribution is 2.36. The molecule has 0 radical (unpaired) electrons. The number of pyridine rings is 1. The molecule has 4 rings (SSSR count). The molecule has 1 saturated carbocycles. The number of aromatic nitrogens is 1. The zero-order valence-corrected chi connectivity index (χ0v) is 15.6. The highest BCUT2D eigenvalue weighted by atomic mass is 16.1. The molecule has 0 bridgehead atoms. The first-order chi connectivity index (χ1) is 13.1. The number of aryl methyl sites for hydroxylation is 1. The molecule has 2 N–H and O–H groups in total. The van der Waals surface area contributed by atoms with E-state index in [1.54, 1.807) is 0 Å². The Balaban J connectivity index is 1.74. The largest absolute Gasteiger partial charge is 0.369 e. The summed E-state index contributed by atoms with van der Waals surface area (Å²) < 4.78 is 0. The Hall–Kier alpha value is -2.88. The number of primary amides is 1. The number of benzene rings is 2. The Morgan fingerprint density at radius 2 is 1.67 bits per heavy atom. The third kappa shape index (κ3) is 3.52. The van der Waals surface area contributed by atoms with Crippen molar-refractivity contribution in [2.45, 2.75) is 38.6 Å². The quantitative estimate of drug-likeness (QED) is 0.733. The number of hydrogen-bond acceptors (Lipinski definition) is 3. The molecule has 0 spiro atoms. The topological polar surface area (TPSA) is 59.2 Å². The molecule has 138 valence electrons. The zero-order valence-electron chi connectivity index (χ0n) is 15.6. The van der Waals surface area contributed by atoms with Gasteiger partial charge in [-0.3, -0.25) is 4.79 Å². The van der Waals surface area contributed by atoms with Crippen LogP contribution in [0.5, 0.6) is 0 Å². The maximum Gasteiger partial charge on any atom is 0.220 e. The zero-order chi connectivity index (χ0) is 18.8. The number of carbonyl (C=O) groups is 1. The summed E-state index contributed by atoms with van der Waals surface area (Å²) in [5, 5.41) is 1.19. The molecule has 0 aliphatic heterocycles. The second-order valence-corrected chi connectivity index (χ2v) is 7.43. The third-order valence-corrected chi connectivity index (χ3v) is 5.65. The Morgan fingerprint density at radius 3 is 2.37 bits per heavy atom. The fourth-order valence-corrected chi connectivity index (χ4v) is 4.19. The molecular weight excluding hydrogens is 334 g/mol. The molecule has 0 atom stereocenters. The summed E-state index contributed by atoms with van der Waals surface area (Å²) in [5.74, 6) is 0.810. The number of anilines is 2. The van der Waals surface area contributed by atoms with Gasteiger partial charge in [-0.05, 0) is 62.4 Å². The first-order valence-corrected chi connectivity index (χ1v) is 9.63. The van der Waals surface area contributed by atoms with Gasteiger partial charge in [-0.1, -0.05) is 36.4 Å². The van der Waals surface area contributed by atoms with Gasteiger partial charge < -0.3 is 10.6 Å². The lowest BCUT2D eigenvalue weighted by Crippen LogP contribution is -2.38. The third-order valence-electron chi connectivity index (χ3n) is 5.65. The van der Waals surface area contributed by atoms with E-state index in [0.717, 1.165) is 42.7 Å². The van der Waals surface area contributed by atoms with E-state index in [0.29, 0.717) is 6.04 Å². The lowest BCUT2D eigenvalue weighted by molar-refractivity contribution is -0.122. The van der Waals surface area contributed by atoms with Crippen LogP contribution in [0.4, 0.5) is 11.5 Å². The van der Waals surface area contributed by atoms with Gasteiger partial charge in [0.2, 0.25) is 5.91 Å². The number of fused-ring (bicyclic) bond motifs is 1. The molecule has 2 aromatic carbocycles. The van der Waals surface area contributed by atoms with Crippen molar-refractivity contribution >= 4 is 28.3 Å². The minimum Gasteiger partial charge on any atom is -0.369 e. The Morgan fingerprint density at radius 1 is 1.00 bits per heavy atom. The minimum absolute atomic E-state index is 0.00479. The molecule has 1 heterocycles. The number of rotatable bonds is 4. The molecule has 3 aromatic rings. The highest BCUT2D eigenvalue weighted by Gasteiger charge is 2.30. The highest BCUT2D eigenvalue weighted by molar-refractivity contribution is 5.84. The fraction of sp³-hybridized carbons (Fsp3) is 0.304. The van der Waals surface area contributed by atoms with E-state index in [-0.39, 0.29) is 11.8 Å². The summed E-state index contributed by atoms with van der Waals surface area (Å²) in [6.07, 6.45) is 3.57. The maximum absolute atomic E-state index is 11.6. The van der Waals surface area contributed by atoms with Crippen molar-refractivity contribution in [3.05, 3.63) is 66.2 Å². The van der Waals surface area contributed by atoms with Crippen molar-refractivity contribution in [3.63, 3.8) is 0 Å². The Bertz CT molecular complexity index is 946. The van der Waals surface area contributed by atoms with E-state index in [2.05, 4.69) is 60.4 Å². The van der Waals surface area contributed by atoms with Gasteiger partial charge in [0.25, 0.3) is 0 Å². The second-order valence-electron chi connectivity index (χ2n) is 7.43. The van der Waals surface area contributed by atoms with E-state index < -0.39 is 0 Å². The molecule has 1 aliphatic rings. The first-order valence-electron chi connectivity index (χ1n) is 9.63. The molecule has 4 heteroatoms. The molecule has 4 nitrogen and oxygen atoms in total. The first kappa shape index (κ1) is 17.5. The maximum atomic E-state index is 11.6. The van der Waals surface area contributed by atoms with Crippen LogP contribution in [0.2, 0.25) is 0 Å². The second kappa shape index (κ2) is 7.39. The van der Waals surface area contributed by atoms with Crippen LogP contribution in [0, 0.1) is 12.8 Å². The Labute approximate surface area is 160 Å². The average Bonchev–Trinajstić information content (AvgIpc) is 2.69. The van der Waals surface area contributed by atoms with E-state index in [1.807, 2.05) is 12.1 Å². The molecule has 1 amide bonds. The number of nitrogens with two attached hydrogens (primary N) is 1. The predicted octanol–water partition coefficient (Wildman–Crippen LogP) is 4.73. The van der Waals surface area contributed by atoms with Crippen LogP contribution in [0.15, 0.2) is 60.7 Å². The van der Waals surface area contributed by atoms with Gasteiger partial charge in [0, 0.05) is 23.0 Å². The lowest BCUT2D eigenvalue weighted by Gasteiger charge is -2.37. The van der Waals surface area contributed by atoms with Crippen molar-refractivity contribution in [2.24, 2.45) is 11.7 Å². The minimum atomic E-state index is -0.167. The van der Waals surface area contributed by atoms with Crippen LogP contribution in [-0.4, -0.2) is 16.9 Å². The van der Waals surface area contributed by atoms with Gasteiger partial charge >= 0.3 is 0 Å². The van der Waals surface area contributed by atoms with Crippen molar-refractivity contribution in [1.29, 1.82) is 0 Å². The summed E-state index contributed by atoms with van der Waals surface area (Å²) in [6.45, 7) is 2.14. The summed E-state index contributed by atoms with van der Waals surface area (Å²) in [6, 6.07) is 21.2. The van der Waals surface area contributed by atoms with Crippen LogP contribution < -0.4 is 10.6 Å². The van der Waals surface area contributed by atoms with Crippen LogP contribution in [0.1, 0.15) is 31.2 Å². The van der Waals surface area contributed by atoms with E-state index in [4.69, 9.17) is 10.7 Å². The average molecular weight is 359 g/mol. The van der Waals surface area contributed by atoms with Gasteiger partial charge in [0.15, 0.2) is 0 Å². The van der Waals surface area contributed by atoms with Gasteiger partial charge in [0.05, 0.1) is 5.52 Å². The standard InChI is InChI=1S/C23H25N3O/c1-16-15-22(25-21-10-6-5-9-20(16)21)26(18-7-3-2-4-8-18)19-13-11-17(12-14-19)23(24)27/h2-10,15,17,19H,11-14H2,1H3,(H2,24,27). The molecule has 1 aliphatic carbocycles. The van der Waals surface area contributed by atoms with Crippen molar-refractivity contribution in [3.8, 4) is 0 Å². The van der Waals surface area contributed by atoms with Gasteiger partial charge in [-0.25, -0.2) is 4.98 Å². The van der Waals surface area contributed by atoms with Crippen molar-refractivity contribution in [2.75, 3.05) is 4.90 Å². The fourth-order valence-electron chi connectivity index (χ4n) is 4.19. The number of carbonyl (C=O) groups excluding carboxylic acids is 1. The monoisotopic (exact) mass is 359 g/mol. The van der Waals surface area contributed by atoms with Crippen LogP contribution in [0.25, 0.3) is 10.9 Å². The van der Waals surface area contributed by atoms with Crippen LogP contribution >= 0.6 is 0 Å². The van der Waals surface area contributed by atoms with Crippen LogP contribution in [0.3, 0.4) is 0 Å². The normalized spacial score (nSPS) is 19.7.